The smallest absolute Gasteiger partial charge is 0.326 e. The second-order valence-electron chi connectivity index (χ2n) is 7.25. The van der Waals surface area contributed by atoms with Crippen LogP contribution in [-0.4, -0.2) is 88.0 Å². The molecule has 33 heavy (non-hydrogen) atoms. The molecule has 5 unspecified atom stereocenters. The van der Waals surface area contributed by atoms with E-state index in [0.717, 1.165) is 0 Å². The lowest BCUT2D eigenvalue weighted by Crippen LogP contribution is -2.58. The summed E-state index contributed by atoms with van der Waals surface area (Å²) in [6.45, 7) is 1.24. The number of hydrogen-bond acceptors (Lipinski definition) is 9. The number of nitrogens with one attached hydrogen (secondary N) is 3. The molecule has 0 bridgehead atoms. The van der Waals surface area contributed by atoms with Crippen LogP contribution in [0.1, 0.15) is 32.6 Å². The summed E-state index contributed by atoms with van der Waals surface area (Å²) in [6, 6.07) is -5.60. The third-order valence-electron chi connectivity index (χ3n) is 4.40. The molecule has 0 aliphatic heterocycles. The van der Waals surface area contributed by atoms with Crippen LogP contribution in [0, 0.1) is 0 Å². The molecule has 0 aromatic carbocycles. The quantitative estimate of drug-likeness (QED) is 0.104. The van der Waals surface area contributed by atoms with Gasteiger partial charge in [-0.25, -0.2) is 4.79 Å². The van der Waals surface area contributed by atoms with Crippen molar-refractivity contribution in [3.05, 3.63) is 0 Å². The van der Waals surface area contributed by atoms with E-state index in [4.69, 9.17) is 17.2 Å². The molecule has 0 saturated heterocycles. The Morgan fingerprint density at radius 2 is 1.36 bits per heavy atom. The first-order chi connectivity index (χ1) is 15.3. The number of amides is 5. The van der Waals surface area contributed by atoms with Crippen LogP contribution in [0.5, 0.6) is 0 Å². The van der Waals surface area contributed by atoms with Crippen LogP contribution in [0.2, 0.25) is 0 Å². The summed E-state index contributed by atoms with van der Waals surface area (Å²) in [5.74, 6) is -5.45. The van der Waals surface area contributed by atoms with Crippen molar-refractivity contribution in [1.82, 2.24) is 16.0 Å². The lowest BCUT2D eigenvalue weighted by Gasteiger charge is -2.25. The normalized spacial score (nSPS) is 15.3. The van der Waals surface area contributed by atoms with Gasteiger partial charge in [-0.3, -0.25) is 24.0 Å². The molecule has 11 N–H and O–H groups in total. The van der Waals surface area contributed by atoms with Crippen molar-refractivity contribution in [3.63, 3.8) is 0 Å². The van der Waals surface area contributed by atoms with Gasteiger partial charge >= 0.3 is 5.97 Å². The minimum atomic E-state index is -1.55. The van der Waals surface area contributed by atoms with Crippen LogP contribution in [0.15, 0.2) is 0 Å². The summed E-state index contributed by atoms with van der Waals surface area (Å²) in [5, 5.41) is 25.4. The average Bonchev–Trinajstić information content (AvgIpc) is 2.71. The van der Waals surface area contributed by atoms with E-state index in [2.05, 4.69) is 16.0 Å². The summed E-state index contributed by atoms with van der Waals surface area (Å²) in [4.78, 5) is 71.4. The van der Waals surface area contributed by atoms with Gasteiger partial charge in [-0.05, 0) is 31.8 Å². The summed E-state index contributed by atoms with van der Waals surface area (Å²) in [7, 11) is 0. The number of carbonyl (C=O) groups is 6. The zero-order valence-corrected chi connectivity index (χ0v) is 19.2. The number of hydrogen-bond donors (Lipinski definition) is 8. The third-order valence-corrected chi connectivity index (χ3v) is 5.04. The van der Waals surface area contributed by atoms with E-state index in [1.165, 1.54) is 18.7 Å². The second-order valence-corrected chi connectivity index (χ2v) is 8.23. The predicted molar refractivity (Wildman–Crippen MR) is 118 cm³/mol. The van der Waals surface area contributed by atoms with E-state index in [1.54, 1.807) is 6.26 Å². The average molecular weight is 493 g/mol. The van der Waals surface area contributed by atoms with Crippen molar-refractivity contribution in [3.8, 4) is 0 Å². The highest BCUT2D eigenvalue weighted by molar-refractivity contribution is 7.98. The number of carbonyl (C=O) groups excluding carboxylic acids is 5. The van der Waals surface area contributed by atoms with Crippen molar-refractivity contribution >= 4 is 47.3 Å². The first kappa shape index (κ1) is 30.1. The number of aliphatic hydroxyl groups is 1. The molecule has 0 spiro atoms. The van der Waals surface area contributed by atoms with E-state index in [1.807, 2.05) is 0 Å². The molecule has 0 fully saturated rings. The van der Waals surface area contributed by atoms with Crippen LogP contribution in [0.3, 0.4) is 0 Å². The zero-order valence-electron chi connectivity index (χ0n) is 18.4. The predicted octanol–water partition coefficient (Wildman–Crippen LogP) is -3.87. The van der Waals surface area contributed by atoms with Crippen LogP contribution >= 0.6 is 11.8 Å². The highest BCUT2D eigenvalue weighted by Crippen LogP contribution is 2.05. The molecule has 0 aromatic heterocycles. The van der Waals surface area contributed by atoms with Crippen LogP contribution in [0.25, 0.3) is 0 Å². The molecule has 0 aromatic rings. The van der Waals surface area contributed by atoms with Crippen molar-refractivity contribution in [2.45, 2.75) is 62.9 Å². The fraction of sp³-hybridized carbons (Fsp3) is 0.667. The van der Waals surface area contributed by atoms with Gasteiger partial charge in [-0.2, -0.15) is 11.8 Å². The SMILES string of the molecule is CSCCC(NC(=O)C(CCC(N)=O)NC(=O)C(CC(N)=O)NC(=O)C(N)C(C)O)C(=O)O. The van der Waals surface area contributed by atoms with Crippen LogP contribution in [0.4, 0.5) is 0 Å². The summed E-state index contributed by atoms with van der Waals surface area (Å²) in [5.41, 5.74) is 15.7. The Kier molecular flexibility index (Phi) is 13.7. The summed E-state index contributed by atoms with van der Waals surface area (Å²) < 4.78 is 0. The van der Waals surface area contributed by atoms with E-state index < -0.39 is 72.2 Å². The molecule has 188 valence electrons. The van der Waals surface area contributed by atoms with Crippen molar-refractivity contribution in [2.24, 2.45) is 17.2 Å². The molecule has 5 atom stereocenters. The monoisotopic (exact) mass is 492 g/mol. The zero-order chi connectivity index (χ0) is 25.7. The molecule has 0 aliphatic carbocycles. The van der Waals surface area contributed by atoms with Crippen molar-refractivity contribution in [2.75, 3.05) is 12.0 Å². The maximum absolute atomic E-state index is 12.7. The number of primary amides is 2. The second kappa shape index (κ2) is 15.0. The Morgan fingerprint density at radius 3 is 1.82 bits per heavy atom. The largest absolute Gasteiger partial charge is 0.480 e. The molecule has 0 radical (unpaired) electrons. The Labute approximate surface area is 194 Å². The lowest BCUT2D eigenvalue weighted by atomic mass is 10.1. The van der Waals surface area contributed by atoms with E-state index in [9.17, 15) is 39.0 Å². The molecular weight excluding hydrogens is 460 g/mol. The molecule has 15 heteroatoms. The molecular formula is C18H32N6O8S. The van der Waals surface area contributed by atoms with Gasteiger partial charge in [-0.15, -0.1) is 0 Å². The van der Waals surface area contributed by atoms with Gasteiger partial charge < -0.3 is 43.4 Å². The van der Waals surface area contributed by atoms with Crippen LogP contribution < -0.4 is 33.2 Å². The minimum Gasteiger partial charge on any atom is -0.480 e. The van der Waals surface area contributed by atoms with Crippen LogP contribution in [-0.2, 0) is 28.8 Å². The number of carboxylic acid groups (broad SMARTS) is 1. The molecule has 0 rings (SSSR count). The van der Waals surface area contributed by atoms with Gasteiger partial charge in [0.15, 0.2) is 0 Å². The topological polar surface area (TPSA) is 257 Å². The van der Waals surface area contributed by atoms with Gasteiger partial charge in [0.1, 0.15) is 24.2 Å². The Bertz CT molecular complexity index is 735. The van der Waals surface area contributed by atoms with Gasteiger partial charge in [0.2, 0.25) is 29.5 Å². The van der Waals surface area contributed by atoms with Gasteiger partial charge in [0.05, 0.1) is 12.5 Å². The number of nitrogens with two attached hydrogens (primary N) is 3. The number of thioether (sulfide) groups is 1. The first-order valence-corrected chi connectivity index (χ1v) is 11.3. The number of carboxylic acids is 1. The lowest BCUT2D eigenvalue weighted by molar-refractivity contribution is -0.142. The fourth-order valence-corrected chi connectivity index (χ4v) is 2.96. The standard InChI is InChI=1S/C18H32N6O8S/c1-8(25)14(21)17(30)24-11(7-13(20)27)16(29)22-9(3-4-12(19)26)15(28)23-10(18(31)32)5-6-33-2/h8-11,14,25H,3-7,21H2,1-2H3,(H2,19,26)(H2,20,27)(H,22,29)(H,23,28)(H,24,30)(H,31,32). The highest BCUT2D eigenvalue weighted by Gasteiger charge is 2.31. The molecule has 14 nitrogen and oxygen atoms in total. The first-order valence-electron chi connectivity index (χ1n) is 9.93. The molecule has 0 saturated carbocycles. The van der Waals surface area contributed by atoms with Crippen molar-refractivity contribution < 1.29 is 39.0 Å². The highest BCUT2D eigenvalue weighted by atomic mass is 32.2. The van der Waals surface area contributed by atoms with Gasteiger partial charge in [0.25, 0.3) is 0 Å². The Hall–Kier alpha value is -2.91. The van der Waals surface area contributed by atoms with Gasteiger partial charge in [0, 0.05) is 6.42 Å². The van der Waals surface area contributed by atoms with Gasteiger partial charge in [-0.1, -0.05) is 0 Å². The summed E-state index contributed by atoms with van der Waals surface area (Å²) >= 11 is 1.37. The third kappa shape index (κ3) is 12.1. The number of rotatable bonds is 16. The Balaban J connectivity index is 5.56. The minimum absolute atomic E-state index is 0.107. The number of aliphatic carboxylic acids is 1. The van der Waals surface area contributed by atoms with E-state index in [-0.39, 0.29) is 19.3 Å². The van der Waals surface area contributed by atoms with E-state index in [0.29, 0.717) is 5.75 Å². The summed E-state index contributed by atoms with van der Waals surface area (Å²) in [6.07, 6.45) is -0.638. The molecule has 0 heterocycles. The fourth-order valence-electron chi connectivity index (χ4n) is 2.49. The molecule has 0 aliphatic rings. The maximum atomic E-state index is 12.7. The molecule has 5 amide bonds. The Morgan fingerprint density at radius 1 is 0.848 bits per heavy atom. The van der Waals surface area contributed by atoms with E-state index >= 15 is 0 Å². The van der Waals surface area contributed by atoms with Crippen molar-refractivity contribution in [1.29, 1.82) is 0 Å². The maximum Gasteiger partial charge on any atom is 0.326 e. The number of aliphatic hydroxyl groups excluding tert-OH is 1.